The van der Waals surface area contributed by atoms with E-state index in [1.54, 1.807) is 13.8 Å². The van der Waals surface area contributed by atoms with Crippen LogP contribution in [0, 0.1) is 10.1 Å². The lowest BCUT2D eigenvalue weighted by Gasteiger charge is -2.12. The monoisotopic (exact) mass is 260 g/mol. The first-order chi connectivity index (χ1) is 8.41. The number of anilines is 1. The van der Waals surface area contributed by atoms with Crippen molar-refractivity contribution in [3.63, 3.8) is 0 Å². The van der Waals surface area contributed by atoms with E-state index in [0.717, 1.165) is 0 Å². The molecule has 0 aliphatic heterocycles. The summed E-state index contributed by atoms with van der Waals surface area (Å²) in [6.45, 7) is 2.80. The molecule has 0 amide bonds. The van der Waals surface area contributed by atoms with Gasteiger partial charge in [0.05, 0.1) is 17.6 Å². The number of benzene rings is 1. The van der Waals surface area contributed by atoms with Crippen molar-refractivity contribution in [2.24, 2.45) is 0 Å². The summed E-state index contributed by atoms with van der Waals surface area (Å²) in [4.78, 5) is 10.3. The van der Waals surface area contributed by atoms with E-state index in [1.165, 1.54) is 18.2 Å². The summed E-state index contributed by atoms with van der Waals surface area (Å²) in [7, 11) is 0. The van der Waals surface area contributed by atoms with Gasteiger partial charge in [0, 0.05) is 0 Å². The maximum absolute atomic E-state index is 12.1. The topological polar surface area (TPSA) is 64.4 Å². The fourth-order valence-corrected chi connectivity index (χ4v) is 1.39. The lowest BCUT2D eigenvalue weighted by atomic mass is 10.2. The molecule has 0 saturated carbocycles. The van der Waals surface area contributed by atoms with Crippen LogP contribution < -0.4 is 10.1 Å². The van der Waals surface area contributed by atoms with Crippen LogP contribution in [-0.2, 0) is 0 Å². The molecule has 0 saturated heterocycles. The van der Waals surface area contributed by atoms with E-state index in [1.807, 2.05) is 0 Å². The standard InChI is InChI=1S/C11H14F2N2O3/c1-7(2)18-9-5-3-4-8(11(9)15(16)17)14-6-10(12)13/h3-5,7,10,14H,6H2,1-2H3. The second kappa shape index (κ2) is 6.13. The number of halogens is 2. The molecule has 0 aliphatic rings. The van der Waals surface area contributed by atoms with Gasteiger partial charge < -0.3 is 10.1 Å². The van der Waals surface area contributed by atoms with Gasteiger partial charge in [0.2, 0.25) is 0 Å². The van der Waals surface area contributed by atoms with Gasteiger partial charge in [0.15, 0.2) is 5.75 Å². The van der Waals surface area contributed by atoms with Crippen molar-refractivity contribution in [2.45, 2.75) is 26.4 Å². The summed E-state index contributed by atoms with van der Waals surface area (Å²) in [5.74, 6) is 0.0641. The van der Waals surface area contributed by atoms with Gasteiger partial charge in [-0.25, -0.2) is 8.78 Å². The van der Waals surface area contributed by atoms with Crippen LogP contribution in [0.25, 0.3) is 0 Å². The highest BCUT2D eigenvalue weighted by molar-refractivity contribution is 5.68. The van der Waals surface area contributed by atoms with Gasteiger partial charge in [-0.05, 0) is 26.0 Å². The van der Waals surface area contributed by atoms with Crippen molar-refractivity contribution in [2.75, 3.05) is 11.9 Å². The Bertz CT molecular complexity index is 425. The molecule has 0 heterocycles. The zero-order valence-corrected chi connectivity index (χ0v) is 10.0. The molecule has 1 aromatic carbocycles. The predicted molar refractivity (Wildman–Crippen MR) is 63.4 cm³/mol. The third kappa shape index (κ3) is 3.83. The summed E-state index contributed by atoms with van der Waals surface area (Å²) in [5, 5.41) is 13.3. The van der Waals surface area contributed by atoms with Gasteiger partial charge in [0.1, 0.15) is 5.69 Å². The SMILES string of the molecule is CC(C)Oc1cccc(NCC(F)F)c1[N+](=O)[O-]. The van der Waals surface area contributed by atoms with Crippen molar-refractivity contribution < 1.29 is 18.4 Å². The lowest BCUT2D eigenvalue weighted by molar-refractivity contribution is -0.385. The Hall–Kier alpha value is -1.92. The second-order valence-electron chi connectivity index (χ2n) is 3.85. The van der Waals surface area contributed by atoms with E-state index >= 15 is 0 Å². The van der Waals surface area contributed by atoms with E-state index in [0.29, 0.717) is 0 Å². The van der Waals surface area contributed by atoms with Crippen LogP contribution in [0.4, 0.5) is 20.2 Å². The van der Waals surface area contributed by atoms with E-state index in [2.05, 4.69) is 5.32 Å². The summed E-state index contributed by atoms with van der Waals surface area (Å²) in [6, 6.07) is 4.32. The molecule has 5 nitrogen and oxygen atoms in total. The minimum atomic E-state index is -2.58. The first kappa shape index (κ1) is 14.1. The normalized spacial score (nSPS) is 10.8. The molecule has 0 spiro atoms. The van der Waals surface area contributed by atoms with Crippen molar-refractivity contribution in [3.8, 4) is 5.75 Å². The number of hydrogen-bond donors (Lipinski definition) is 1. The zero-order chi connectivity index (χ0) is 13.7. The molecule has 0 aliphatic carbocycles. The van der Waals surface area contributed by atoms with Crippen LogP contribution in [-0.4, -0.2) is 24.0 Å². The van der Waals surface area contributed by atoms with Crippen LogP contribution in [0.15, 0.2) is 18.2 Å². The molecule has 100 valence electrons. The number of ether oxygens (including phenoxy) is 1. The van der Waals surface area contributed by atoms with Crippen LogP contribution in [0.5, 0.6) is 5.75 Å². The van der Waals surface area contributed by atoms with Crippen LogP contribution in [0.3, 0.4) is 0 Å². The molecule has 0 unspecified atom stereocenters. The van der Waals surface area contributed by atoms with Gasteiger partial charge in [0.25, 0.3) is 6.43 Å². The molecule has 0 aromatic heterocycles. The quantitative estimate of drug-likeness (QED) is 0.630. The van der Waals surface area contributed by atoms with Crippen molar-refractivity contribution in [3.05, 3.63) is 28.3 Å². The molecule has 1 N–H and O–H groups in total. The number of nitrogens with one attached hydrogen (secondary N) is 1. The number of alkyl halides is 2. The third-order valence-electron chi connectivity index (χ3n) is 1.99. The Balaban J connectivity index is 3.05. The zero-order valence-electron chi connectivity index (χ0n) is 10.0. The van der Waals surface area contributed by atoms with Gasteiger partial charge in [-0.15, -0.1) is 0 Å². The van der Waals surface area contributed by atoms with Crippen LogP contribution in [0.1, 0.15) is 13.8 Å². The predicted octanol–water partition coefficient (Wildman–Crippen LogP) is 3.06. The summed E-state index contributed by atoms with van der Waals surface area (Å²) in [6.07, 6.45) is -2.83. The van der Waals surface area contributed by atoms with Crippen molar-refractivity contribution in [1.29, 1.82) is 0 Å². The molecule has 7 heteroatoms. The minimum Gasteiger partial charge on any atom is -0.484 e. The number of nitrogens with zero attached hydrogens (tertiary/aromatic N) is 1. The largest absolute Gasteiger partial charge is 0.484 e. The van der Waals surface area contributed by atoms with Crippen molar-refractivity contribution >= 4 is 11.4 Å². The molecule has 0 bridgehead atoms. The number of nitro benzene ring substituents is 1. The average molecular weight is 260 g/mol. The second-order valence-corrected chi connectivity index (χ2v) is 3.85. The maximum atomic E-state index is 12.1. The van der Waals surface area contributed by atoms with E-state index in [4.69, 9.17) is 4.74 Å². The molecule has 0 radical (unpaired) electrons. The maximum Gasteiger partial charge on any atom is 0.333 e. The van der Waals surface area contributed by atoms with Gasteiger partial charge >= 0.3 is 5.69 Å². The van der Waals surface area contributed by atoms with Gasteiger partial charge in [-0.3, -0.25) is 10.1 Å². The number of para-hydroxylation sites is 1. The molecule has 0 atom stereocenters. The number of hydrogen-bond acceptors (Lipinski definition) is 4. The molecule has 1 aromatic rings. The Morgan fingerprint density at radius 2 is 2.11 bits per heavy atom. The Morgan fingerprint density at radius 1 is 1.44 bits per heavy atom. The Morgan fingerprint density at radius 3 is 2.61 bits per heavy atom. The number of rotatable bonds is 6. The smallest absolute Gasteiger partial charge is 0.333 e. The third-order valence-corrected chi connectivity index (χ3v) is 1.99. The molecular weight excluding hydrogens is 246 g/mol. The molecule has 0 fully saturated rings. The fourth-order valence-electron chi connectivity index (χ4n) is 1.39. The molecule has 1 rings (SSSR count). The first-order valence-corrected chi connectivity index (χ1v) is 5.38. The van der Waals surface area contributed by atoms with Crippen LogP contribution in [0.2, 0.25) is 0 Å². The lowest BCUT2D eigenvalue weighted by Crippen LogP contribution is -2.13. The summed E-state index contributed by atoms with van der Waals surface area (Å²) < 4.78 is 29.5. The van der Waals surface area contributed by atoms with Gasteiger partial charge in [-0.1, -0.05) is 6.07 Å². The van der Waals surface area contributed by atoms with Crippen molar-refractivity contribution in [1.82, 2.24) is 0 Å². The van der Waals surface area contributed by atoms with E-state index in [-0.39, 0.29) is 23.2 Å². The minimum absolute atomic E-state index is 0.0263. The molecular formula is C11H14F2N2O3. The van der Waals surface area contributed by atoms with Gasteiger partial charge in [-0.2, -0.15) is 0 Å². The van der Waals surface area contributed by atoms with Crippen LogP contribution >= 0.6 is 0 Å². The Kier molecular flexibility index (Phi) is 4.82. The average Bonchev–Trinajstić information content (AvgIpc) is 2.25. The first-order valence-electron chi connectivity index (χ1n) is 5.38. The number of nitro groups is 1. The highest BCUT2D eigenvalue weighted by Gasteiger charge is 2.22. The highest BCUT2D eigenvalue weighted by Crippen LogP contribution is 2.35. The fraction of sp³-hybridized carbons (Fsp3) is 0.455. The molecule has 18 heavy (non-hydrogen) atoms. The van der Waals surface area contributed by atoms with E-state index in [9.17, 15) is 18.9 Å². The summed E-state index contributed by atoms with van der Waals surface area (Å²) >= 11 is 0. The highest BCUT2D eigenvalue weighted by atomic mass is 19.3. The Labute approximate surface area is 103 Å². The summed E-state index contributed by atoms with van der Waals surface area (Å²) in [5.41, 5.74) is -0.301. The van der Waals surface area contributed by atoms with E-state index < -0.39 is 17.9 Å².